The Bertz CT molecular complexity index is 707. The molecule has 0 radical (unpaired) electrons. The van der Waals surface area contributed by atoms with Gasteiger partial charge >= 0.3 is 11.9 Å². The number of nitrogens with one attached hydrogen (secondary N) is 1. The van der Waals surface area contributed by atoms with E-state index in [1.807, 2.05) is 24.6 Å². The minimum Gasteiger partial charge on any atom is -0.480 e. The second kappa shape index (κ2) is 7.11. The molecule has 2 N–H and O–H groups in total. The number of esters is 1. The number of rotatable bonds is 6. The number of aromatic nitrogens is 1. The van der Waals surface area contributed by atoms with E-state index in [-0.39, 0.29) is 0 Å². The molecule has 23 heavy (non-hydrogen) atoms. The number of carbonyl (C=O) groups is 2. The molecule has 0 aliphatic heterocycles. The van der Waals surface area contributed by atoms with Crippen LogP contribution in [0.15, 0.2) is 36.4 Å². The van der Waals surface area contributed by atoms with Crippen molar-refractivity contribution in [3.63, 3.8) is 0 Å². The van der Waals surface area contributed by atoms with E-state index < -0.39 is 18.0 Å². The number of carbonyl (C=O) groups excluding carboxylic acids is 1. The molecule has 0 amide bonds. The van der Waals surface area contributed by atoms with E-state index in [4.69, 9.17) is 4.74 Å². The van der Waals surface area contributed by atoms with Crippen LogP contribution >= 0.6 is 0 Å². The highest BCUT2D eigenvalue weighted by Crippen LogP contribution is 2.18. The summed E-state index contributed by atoms with van der Waals surface area (Å²) in [7, 11) is 3.17. The fourth-order valence-electron chi connectivity index (χ4n) is 2.45. The molecule has 0 unspecified atom stereocenters. The number of hydrogen-bond donors (Lipinski definition) is 2. The van der Waals surface area contributed by atoms with Crippen molar-refractivity contribution in [2.75, 3.05) is 7.11 Å². The van der Waals surface area contributed by atoms with E-state index in [1.165, 1.54) is 7.11 Å². The Labute approximate surface area is 134 Å². The van der Waals surface area contributed by atoms with Crippen molar-refractivity contribution in [2.45, 2.75) is 19.5 Å². The number of hydrogen-bond acceptors (Lipinski definition) is 4. The lowest BCUT2D eigenvalue weighted by molar-refractivity contribution is -0.139. The maximum absolute atomic E-state index is 11.7. The number of carboxylic acids is 1. The van der Waals surface area contributed by atoms with Crippen LogP contribution in [0.5, 0.6) is 0 Å². The molecule has 0 aliphatic carbocycles. The molecule has 6 nitrogen and oxygen atoms in total. The first-order valence-corrected chi connectivity index (χ1v) is 7.20. The van der Waals surface area contributed by atoms with Gasteiger partial charge in [-0.05, 0) is 18.6 Å². The Morgan fingerprint density at radius 2 is 1.96 bits per heavy atom. The highest BCUT2D eigenvalue weighted by atomic mass is 16.5. The quantitative estimate of drug-likeness (QED) is 0.797. The van der Waals surface area contributed by atoms with Gasteiger partial charge in [-0.1, -0.05) is 30.3 Å². The van der Waals surface area contributed by atoms with Crippen molar-refractivity contribution >= 4 is 11.9 Å². The van der Waals surface area contributed by atoms with Crippen molar-refractivity contribution in [2.24, 2.45) is 7.05 Å². The normalized spacial score (nSPS) is 12.0. The molecule has 0 fully saturated rings. The van der Waals surface area contributed by atoms with E-state index in [1.54, 1.807) is 30.3 Å². The molecule has 0 bridgehead atoms. The van der Waals surface area contributed by atoms with Crippen LogP contribution in [0.1, 0.15) is 33.4 Å². The van der Waals surface area contributed by atoms with Crippen LogP contribution in [-0.4, -0.2) is 28.7 Å². The van der Waals surface area contributed by atoms with Gasteiger partial charge in [0.15, 0.2) is 0 Å². The summed E-state index contributed by atoms with van der Waals surface area (Å²) in [5.74, 6) is -1.35. The van der Waals surface area contributed by atoms with E-state index in [0.717, 1.165) is 11.4 Å². The Balaban J connectivity index is 2.19. The molecule has 1 heterocycles. The Hall–Kier alpha value is -2.60. The maximum Gasteiger partial charge on any atom is 0.339 e. The van der Waals surface area contributed by atoms with E-state index in [0.29, 0.717) is 17.7 Å². The third-order valence-corrected chi connectivity index (χ3v) is 3.91. The monoisotopic (exact) mass is 316 g/mol. The van der Waals surface area contributed by atoms with E-state index in [9.17, 15) is 14.7 Å². The number of carboxylic acid groups (broad SMARTS) is 1. The van der Waals surface area contributed by atoms with Crippen LogP contribution < -0.4 is 5.32 Å². The molecule has 2 aromatic rings. The first kappa shape index (κ1) is 16.8. The molecule has 0 saturated carbocycles. The lowest BCUT2D eigenvalue weighted by Gasteiger charge is -2.15. The van der Waals surface area contributed by atoms with Crippen LogP contribution in [0, 0.1) is 6.92 Å². The summed E-state index contributed by atoms with van der Waals surface area (Å²) in [5, 5.41) is 12.4. The summed E-state index contributed by atoms with van der Waals surface area (Å²) in [6, 6.07) is 9.88. The zero-order valence-electron chi connectivity index (χ0n) is 13.4. The van der Waals surface area contributed by atoms with Crippen molar-refractivity contribution in [3.05, 3.63) is 58.9 Å². The molecule has 6 heteroatoms. The summed E-state index contributed by atoms with van der Waals surface area (Å²) in [4.78, 5) is 23.2. The molecule has 1 aromatic heterocycles. The van der Waals surface area contributed by atoms with Crippen molar-refractivity contribution < 1.29 is 19.4 Å². The van der Waals surface area contributed by atoms with Crippen LogP contribution in [0.4, 0.5) is 0 Å². The first-order valence-electron chi connectivity index (χ1n) is 7.20. The number of aliphatic carboxylic acids is 1. The third kappa shape index (κ3) is 3.60. The molecular formula is C17H20N2O4. The van der Waals surface area contributed by atoms with Gasteiger partial charge in [0.1, 0.15) is 6.04 Å². The van der Waals surface area contributed by atoms with Crippen molar-refractivity contribution in [1.82, 2.24) is 9.88 Å². The topological polar surface area (TPSA) is 80.6 Å². The minimum atomic E-state index is -0.949. The Morgan fingerprint density at radius 3 is 2.52 bits per heavy atom. The summed E-state index contributed by atoms with van der Waals surface area (Å²) < 4.78 is 6.60. The highest BCUT2D eigenvalue weighted by molar-refractivity contribution is 5.91. The van der Waals surface area contributed by atoms with Crippen LogP contribution in [0.25, 0.3) is 0 Å². The summed E-state index contributed by atoms with van der Waals surface area (Å²) in [6.45, 7) is 2.14. The van der Waals surface area contributed by atoms with Gasteiger partial charge in [-0.25, -0.2) is 4.79 Å². The minimum absolute atomic E-state index is 0.320. The lowest BCUT2D eigenvalue weighted by Crippen LogP contribution is -2.28. The van der Waals surface area contributed by atoms with Gasteiger partial charge in [-0.3, -0.25) is 10.1 Å². The average Bonchev–Trinajstić information content (AvgIpc) is 2.83. The number of methoxy groups -OCH3 is 1. The first-order chi connectivity index (χ1) is 11.0. The zero-order valence-corrected chi connectivity index (χ0v) is 13.4. The predicted molar refractivity (Wildman–Crippen MR) is 85.1 cm³/mol. The Kier molecular flexibility index (Phi) is 5.18. The second-order valence-electron chi connectivity index (χ2n) is 5.25. The molecule has 0 saturated heterocycles. The van der Waals surface area contributed by atoms with Gasteiger partial charge in [0.05, 0.1) is 12.7 Å². The standard InChI is InChI=1S/C17H20N2O4/c1-11-14(17(22)23-3)9-13(19(11)2)10-18-15(16(20)21)12-7-5-4-6-8-12/h4-9,15,18H,10H2,1-3H3,(H,20,21)/t15-/m1/s1. The number of benzene rings is 1. The third-order valence-electron chi connectivity index (χ3n) is 3.91. The van der Waals surface area contributed by atoms with Gasteiger partial charge in [-0.2, -0.15) is 0 Å². The SMILES string of the molecule is COC(=O)c1cc(CN[C@@H](C(=O)O)c2ccccc2)n(C)c1C. The van der Waals surface area contributed by atoms with Gasteiger partial charge in [0, 0.05) is 25.0 Å². The van der Waals surface area contributed by atoms with Crippen molar-refractivity contribution in [3.8, 4) is 0 Å². The smallest absolute Gasteiger partial charge is 0.339 e. The molecule has 0 spiro atoms. The van der Waals surface area contributed by atoms with E-state index >= 15 is 0 Å². The predicted octanol–water partition coefficient (Wildman–Crippen LogP) is 2.04. The van der Waals surface area contributed by atoms with Gasteiger partial charge < -0.3 is 14.4 Å². The highest BCUT2D eigenvalue weighted by Gasteiger charge is 2.21. The van der Waals surface area contributed by atoms with Gasteiger partial charge in [0.2, 0.25) is 0 Å². The molecule has 0 aliphatic rings. The largest absolute Gasteiger partial charge is 0.480 e. The number of nitrogens with zero attached hydrogens (tertiary/aromatic N) is 1. The van der Waals surface area contributed by atoms with Crippen LogP contribution in [-0.2, 0) is 23.1 Å². The van der Waals surface area contributed by atoms with Gasteiger partial charge in [0.25, 0.3) is 0 Å². The average molecular weight is 316 g/mol. The van der Waals surface area contributed by atoms with E-state index in [2.05, 4.69) is 5.32 Å². The molecule has 2 rings (SSSR count). The molecule has 1 atom stereocenters. The fraction of sp³-hybridized carbons (Fsp3) is 0.294. The van der Waals surface area contributed by atoms with Gasteiger partial charge in [-0.15, -0.1) is 0 Å². The Morgan fingerprint density at radius 1 is 1.30 bits per heavy atom. The number of ether oxygens (including phenoxy) is 1. The fourth-order valence-corrected chi connectivity index (χ4v) is 2.45. The van der Waals surface area contributed by atoms with Crippen molar-refractivity contribution in [1.29, 1.82) is 0 Å². The lowest BCUT2D eigenvalue weighted by atomic mass is 10.1. The second-order valence-corrected chi connectivity index (χ2v) is 5.25. The zero-order chi connectivity index (χ0) is 17.0. The van der Waals surface area contributed by atoms with Crippen LogP contribution in [0.2, 0.25) is 0 Å². The summed E-state index contributed by atoms with van der Waals surface area (Å²) >= 11 is 0. The summed E-state index contributed by atoms with van der Waals surface area (Å²) in [6.07, 6.45) is 0. The molecule has 1 aromatic carbocycles. The molecular weight excluding hydrogens is 296 g/mol. The summed E-state index contributed by atoms with van der Waals surface area (Å²) in [5.41, 5.74) is 2.75. The van der Waals surface area contributed by atoms with Crippen LogP contribution in [0.3, 0.4) is 0 Å². The molecule has 122 valence electrons. The maximum atomic E-state index is 11.7.